The van der Waals surface area contributed by atoms with Crippen molar-refractivity contribution in [1.29, 1.82) is 0 Å². The molecule has 0 aliphatic heterocycles. The smallest absolute Gasteiger partial charge is 0.0465 e. The Balaban J connectivity index is 2.55. The number of nitrogens with one attached hydrogen (secondary N) is 1. The quantitative estimate of drug-likeness (QED) is 0.620. The molecule has 0 atom stereocenters. The molecular weight excluding hydrogens is 166 g/mol. The van der Waals surface area contributed by atoms with E-state index in [0.717, 1.165) is 16.2 Å². The molecule has 1 aromatic carbocycles. The van der Waals surface area contributed by atoms with Crippen molar-refractivity contribution < 1.29 is 0 Å². The van der Waals surface area contributed by atoms with E-state index in [2.05, 4.69) is 17.6 Å². The van der Waals surface area contributed by atoms with Crippen LogP contribution in [0.15, 0.2) is 47.5 Å². The van der Waals surface area contributed by atoms with Crippen LogP contribution in [-0.2, 0) is 0 Å². The molecule has 0 spiro atoms. The number of thiol groups is 1. The van der Waals surface area contributed by atoms with Crippen LogP contribution in [0.2, 0.25) is 0 Å². The van der Waals surface area contributed by atoms with Gasteiger partial charge in [-0.25, -0.2) is 0 Å². The highest BCUT2D eigenvalue weighted by Gasteiger charge is 1.99. The van der Waals surface area contributed by atoms with Crippen LogP contribution >= 0.6 is 12.6 Å². The van der Waals surface area contributed by atoms with Gasteiger partial charge in [-0.15, -0.1) is 12.6 Å². The van der Waals surface area contributed by atoms with E-state index in [4.69, 9.17) is 0 Å². The number of aromatic nitrogens is 1. The van der Waals surface area contributed by atoms with E-state index in [1.165, 1.54) is 0 Å². The first-order chi connectivity index (χ1) is 5.88. The van der Waals surface area contributed by atoms with Crippen molar-refractivity contribution in [2.75, 3.05) is 0 Å². The van der Waals surface area contributed by atoms with E-state index in [1.54, 1.807) is 0 Å². The summed E-state index contributed by atoms with van der Waals surface area (Å²) in [5, 5.41) is 0. The van der Waals surface area contributed by atoms with Crippen molar-refractivity contribution in [1.82, 2.24) is 4.98 Å². The lowest BCUT2D eigenvalue weighted by molar-refractivity contribution is 1.35. The first-order valence-corrected chi connectivity index (χ1v) is 4.24. The van der Waals surface area contributed by atoms with Gasteiger partial charge in [-0.3, -0.25) is 0 Å². The average Bonchev–Trinajstić information content (AvgIpc) is 2.57. The van der Waals surface area contributed by atoms with Gasteiger partial charge < -0.3 is 4.98 Å². The lowest BCUT2D eigenvalue weighted by Crippen LogP contribution is -1.77. The number of rotatable bonds is 1. The molecule has 0 amide bonds. The van der Waals surface area contributed by atoms with Crippen molar-refractivity contribution in [3.8, 4) is 11.3 Å². The van der Waals surface area contributed by atoms with Gasteiger partial charge in [0.25, 0.3) is 0 Å². The monoisotopic (exact) mass is 175 g/mol. The minimum absolute atomic E-state index is 1.000. The zero-order valence-corrected chi connectivity index (χ0v) is 7.38. The summed E-state index contributed by atoms with van der Waals surface area (Å²) in [6.45, 7) is 0. The second-order valence-electron chi connectivity index (χ2n) is 2.60. The van der Waals surface area contributed by atoms with Crippen LogP contribution in [0, 0.1) is 0 Å². The maximum atomic E-state index is 4.36. The number of aromatic amines is 1. The lowest BCUT2D eigenvalue weighted by atomic mass is 10.1. The van der Waals surface area contributed by atoms with Gasteiger partial charge in [-0.1, -0.05) is 18.2 Å². The Hall–Kier alpha value is -1.15. The Morgan fingerprint density at radius 3 is 2.50 bits per heavy atom. The molecule has 0 fully saturated rings. The van der Waals surface area contributed by atoms with Crippen LogP contribution in [-0.4, -0.2) is 4.98 Å². The van der Waals surface area contributed by atoms with E-state index >= 15 is 0 Å². The minimum atomic E-state index is 1.000. The predicted octanol–water partition coefficient (Wildman–Crippen LogP) is 2.97. The second-order valence-corrected chi connectivity index (χ2v) is 3.08. The molecule has 1 heterocycles. The molecule has 1 nitrogen and oxygen atoms in total. The van der Waals surface area contributed by atoms with Gasteiger partial charge in [0.2, 0.25) is 0 Å². The standard InChI is InChI=1S/C10H9NS/c12-10-6-2-1-4-8(10)9-5-3-7-11-9/h1-7,11-12H. The van der Waals surface area contributed by atoms with E-state index in [9.17, 15) is 0 Å². The molecule has 0 bridgehead atoms. The summed E-state index contributed by atoms with van der Waals surface area (Å²) in [7, 11) is 0. The maximum Gasteiger partial charge on any atom is 0.0465 e. The van der Waals surface area contributed by atoms with E-state index in [-0.39, 0.29) is 0 Å². The molecule has 0 aliphatic carbocycles. The normalized spacial score (nSPS) is 10.1. The number of benzene rings is 1. The fourth-order valence-corrected chi connectivity index (χ4v) is 1.48. The average molecular weight is 175 g/mol. The van der Waals surface area contributed by atoms with Crippen LogP contribution in [0.3, 0.4) is 0 Å². The summed E-state index contributed by atoms with van der Waals surface area (Å²) < 4.78 is 0. The largest absolute Gasteiger partial charge is 0.361 e. The van der Waals surface area contributed by atoms with E-state index in [1.807, 2.05) is 42.6 Å². The molecule has 60 valence electrons. The zero-order valence-electron chi connectivity index (χ0n) is 6.49. The van der Waals surface area contributed by atoms with Crippen molar-refractivity contribution in [3.05, 3.63) is 42.6 Å². The zero-order chi connectivity index (χ0) is 8.39. The van der Waals surface area contributed by atoms with Gasteiger partial charge in [-0.2, -0.15) is 0 Å². The molecular formula is C10H9NS. The molecule has 2 rings (SSSR count). The third-order valence-electron chi connectivity index (χ3n) is 1.79. The van der Waals surface area contributed by atoms with Gasteiger partial charge in [0.15, 0.2) is 0 Å². The highest BCUT2D eigenvalue weighted by atomic mass is 32.1. The summed E-state index contributed by atoms with van der Waals surface area (Å²) in [6.07, 6.45) is 1.91. The van der Waals surface area contributed by atoms with Crippen LogP contribution in [0.4, 0.5) is 0 Å². The van der Waals surface area contributed by atoms with Gasteiger partial charge >= 0.3 is 0 Å². The number of hydrogen-bond donors (Lipinski definition) is 2. The predicted molar refractivity (Wildman–Crippen MR) is 53.5 cm³/mol. The molecule has 2 heteroatoms. The van der Waals surface area contributed by atoms with Crippen molar-refractivity contribution in [3.63, 3.8) is 0 Å². The Morgan fingerprint density at radius 2 is 1.83 bits per heavy atom. The molecule has 0 unspecified atom stereocenters. The highest BCUT2D eigenvalue weighted by molar-refractivity contribution is 7.80. The third-order valence-corrected chi connectivity index (χ3v) is 2.18. The molecule has 0 radical (unpaired) electrons. The van der Waals surface area contributed by atoms with E-state index < -0.39 is 0 Å². The summed E-state index contributed by atoms with van der Waals surface area (Å²) in [4.78, 5) is 4.15. The van der Waals surface area contributed by atoms with Crippen LogP contribution in [0.25, 0.3) is 11.3 Å². The van der Waals surface area contributed by atoms with Gasteiger partial charge in [-0.05, 0) is 18.2 Å². The Bertz CT molecular complexity index is 365. The first kappa shape index (κ1) is 7.50. The fourth-order valence-electron chi connectivity index (χ4n) is 1.20. The van der Waals surface area contributed by atoms with Gasteiger partial charge in [0.05, 0.1) is 0 Å². The lowest BCUT2D eigenvalue weighted by Gasteiger charge is -2.00. The third kappa shape index (κ3) is 1.25. The molecule has 1 N–H and O–H groups in total. The molecule has 0 aliphatic rings. The van der Waals surface area contributed by atoms with Crippen LogP contribution in [0.1, 0.15) is 0 Å². The van der Waals surface area contributed by atoms with Gasteiger partial charge in [0.1, 0.15) is 0 Å². The Labute approximate surface area is 76.9 Å². The van der Waals surface area contributed by atoms with Crippen molar-refractivity contribution >= 4 is 12.6 Å². The fraction of sp³-hybridized carbons (Fsp3) is 0. The van der Waals surface area contributed by atoms with Crippen LogP contribution < -0.4 is 0 Å². The van der Waals surface area contributed by atoms with Gasteiger partial charge in [0, 0.05) is 22.3 Å². The minimum Gasteiger partial charge on any atom is -0.361 e. The second kappa shape index (κ2) is 3.07. The molecule has 0 saturated heterocycles. The summed E-state index contributed by atoms with van der Waals surface area (Å²) in [6, 6.07) is 12.0. The van der Waals surface area contributed by atoms with Crippen LogP contribution in [0.5, 0.6) is 0 Å². The summed E-state index contributed by atoms with van der Waals surface area (Å²) in [5.41, 5.74) is 2.26. The maximum absolute atomic E-state index is 4.36. The molecule has 1 aromatic heterocycles. The number of H-pyrrole nitrogens is 1. The Kier molecular flexibility index (Phi) is 1.92. The first-order valence-electron chi connectivity index (χ1n) is 3.79. The number of hydrogen-bond acceptors (Lipinski definition) is 1. The highest BCUT2D eigenvalue weighted by Crippen LogP contribution is 2.23. The van der Waals surface area contributed by atoms with Crippen molar-refractivity contribution in [2.24, 2.45) is 0 Å². The summed E-state index contributed by atoms with van der Waals surface area (Å²) in [5.74, 6) is 0. The topological polar surface area (TPSA) is 15.8 Å². The Morgan fingerprint density at radius 1 is 1.00 bits per heavy atom. The molecule has 2 aromatic rings. The van der Waals surface area contributed by atoms with E-state index in [0.29, 0.717) is 0 Å². The SMILES string of the molecule is Sc1ccccc1-c1ccc[nH]1. The summed E-state index contributed by atoms with van der Waals surface area (Å²) >= 11 is 4.36. The molecule has 0 saturated carbocycles. The molecule has 12 heavy (non-hydrogen) atoms. The van der Waals surface area contributed by atoms with Crippen molar-refractivity contribution in [2.45, 2.75) is 4.90 Å².